The second kappa shape index (κ2) is 41.2. The minimum atomic E-state index is -4.03. The number of nitrogens with zero attached hydrogens (tertiary/aromatic N) is 10. The number of H-pyrrole nitrogens is 3. The molecule has 0 saturated carbocycles. The summed E-state index contributed by atoms with van der Waals surface area (Å²) in [6, 6.07) is 11.1. The summed E-state index contributed by atoms with van der Waals surface area (Å²) in [5.74, 6) is -2.29. The number of benzene rings is 3. The number of unbranched alkanes of at least 4 members (excludes halogenated alkanes) is 6. The largest absolute Gasteiger partial charge is 0.466 e. The summed E-state index contributed by atoms with van der Waals surface area (Å²) in [5, 5.41) is 3.28. The number of rotatable bonds is 33. The van der Waals surface area contributed by atoms with E-state index in [9.17, 15) is 61.9 Å². The molecule has 3 aromatic carbocycles. The molecule has 119 heavy (non-hydrogen) atoms. The van der Waals surface area contributed by atoms with Crippen LogP contribution < -0.4 is 54.0 Å². The highest BCUT2D eigenvalue weighted by molar-refractivity contribution is 7.54. The van der Waals surface area contributed by atoms with Crippen LogP contribution >= 0.6 is 26.8 Å². The lowest BCUT2D eigenvalue weighted by Gasteiger charge is -2.28. The fourth-order valence-electron chi connectivity index (χ4n) is 11.5. The number of anilines is 3. The van der Waals surface area contributed by atoms with Gasteiger partial charge in [0.15, 0.2) is 34.2 Å². The average Bonchev–Trinajstić information content (AvgIpc) is 0.767. The van der Waals surface area contributed by atoms with Crippen LogP contribution in [0.5, 0.6) is 0 Å². The quantitative estimate of drug-likeness (QED) is 0.00741. The van der Waals surface area contributed by atoms with Crippen LogP contribution in [0.1, 0.15) is 170 Å². The highest BCUT2D eigenvalue weighted by Gasteiger charge is 2.34. The Balaban J connectivity index is 0.000000252. The molecule has 1 amide bonds. The molecule has 0 radical (unpaired) electrons. The van der Waals surface area contributed by atoms with Gasteiger partial charge in [-0.3, -0.25) is 80.3 Å². The zero-order chi connectivity index (χ0) is 88.4. The molecule has 5 aliphatic rings. The molecule has 0 aliphatic carbocycles. The molecule has 9 rings (SSSR count). The Hall–Kier alpha value is -10.2. The predicted molar refractivity (Wildman–Crippen MR) is 447 cm³/mol. The van der Waals surface area contributed by atoms with Crippen LogP contribution in [0.2, 0.25) is 5.02 Å². The third kappa shape index (κ3) is 27.1. The number of halogens is 1. The SMILES string of the molecule is C=c1nc2c(c(=O)[nH]1)=Nc1cc(C)c(C)cc1N2CC(=O)NCCP(=O)(OCOC(=O)C(C)(C)C)OCOC(=O)C(C)(C)C.CCOC(=O)CCCCCCn1c2nc(=O)[nH]c(=O)c-2nc2cc(C)c(Cl)cc21.Cc1cc2nc3c(=O)[nH]c(=O)nc-3n(CCCCCCP(=O)(OCOC(=O)C(C)(C)C)OCOC(=O)C(C)(C)C)c2cc1N(C)C. The van der Waals surface area contributed by atoms with Crippen molar-refractivity contribution in [3.05, 3.63) is 127 Å². The molecule has 5 aliphatic heterocycles. The average molecular weight is 1720 g/mol. The van der Waals surface area contributed by atoms with Gasteiger partial charge in [-0.2, -0.15) is 9.97 Å². The Kier molecular flexibility index (Phi) is 33.2. The summed E-state index contributed by atoms with van der Waals surface area (Å²) >= 11 is 6.30. The second-order valence-corrected chi connectivity index (χ2v) is 37.4. The van der Waals surface area contributed by atoms with Crippen LogP contribution in [-0.2, 0) is 92.8 Å². The van der Waals surface area contributed by atoms with Gasteiger partial charge < -0.3 is 52.9 Å². The summed E-state index contributed by atoms with van der Waals surface area (Å²) in [6.45, 7) is 31.6. The fourth-order valence-corrected chi connectivity index (χ4v) is 14.2. The molecule has 4 N–H and O–H groups in total. The fraction of sp³-hybridized carbons (Fsp3) is 0.537. The van der Waals surface area contributed by atoms with E-state index in [1.165, 1.54) is 0 Å². The van der Waals surface area contributed by atoms with Gasteiger partial charge in [-0.05, 0) is 202 Å². The highest BCUT2D eigenvalue weighted by atomic mass is 35.5. The van der Waals surface area contributed by atoms with Crippen LogP contribution in [0.25, 0.3) is 51.7 Å². The van der Waals surface area contributed by atoms with Crippen molar-refractivity contribution in [3.8, 4) is 23.0 Å². The first-order chi connectivity index (χ1) is 55.5. The van der Waals surface area contributed by atoms with Crippen molar-refractivity contribution in [2.75, 3.05) is 83.1 Å². The first kappa shape index (κ1) is 95.9. The number of ether oxygens (including phenoxy) is 5. The van der Waals surface area contributed by atoms with Crippen molar-refractivity contribution < 1.29 is 79.7 Å². The van der Waals surface area contributed by atoms with Crippen molar-refractivity contribution in [2.24, 2.45) is 26.7 Å². The smallest absolute Gasteiger partial charge is 0.349 e. The molecule has 0 spiro atoms. The van der Waals surface area contributed by atoms with Crippen LogP contribution in [0.15, 0.2) is 65.4 Å². The number of hydrogen-bond donors (Lipinski definition) is 4. The van der Waals surface area contributed by atoms with Gasteiger partial charge in [-0.1, -0.05) is 43.9 Å². The molecule has 0 saturated heterocycles. The molecule has 6 heterocycles. The van der Waals surface area contributed by atoms with E-state index in [2.05, 4.69) is 56.8 Å². The number of carbonyl (C=O) groups excluding carboxylic acids is 6. The highest BCUT2D eigenvalue weighted by Crippen LogP contribution is 2.50. The summed E-state index contributed by atoms with van der Waals surface area (Å²) in [7, 11) is -3.96. The van der Waals surface area contributed by atoms with E-state index in [0.29, 0.717) is 79.2 Å². The first-order valence-corrected chi connectivity index (χ1v) is 42.5. The maximum atomic E-state index is 13.5. The second-order valence-electron chi connectivity index (χ2n) is 32.7. The Morgan fingerprint density at radius 1 is 0.521 bits per heavy atom. The minimum absolute atomic E-state index is 0.00332. The van der Waals surface area contributed by atoms with E-state index in [4.69, 9.17) is 53.4 Å². The normalized spacial score (nSPS) is 12.4. The van der Waals surface area contributed by atoms with E-state index < -0.39 is 122 Å². The summed E-state index contributed by atoms with van der Waals surface area (Å²) in [6.07, 6.45) is 5.78. The van der Waals surface area contributed by atoms with Crippen LogP contribution in [0.4, 0.5) is 22.9 Å². The molecular weight excluding hydrogens is 1610 g/mol. The lowest BCUT2D eigenvalue weighted by molar-refractivity contribution is -0.163. The van der Waals surface area contributed by atoms with Crippen LogP contribution in [0, 0.1) is 49.4 Å². The molecular formula is C80H109ClN14O22P2. The number of fused-ring (bicyclic) bond motifs is 6. The summed E-state index contributed by atoms with van der Waals surface area (Å²) in [5.41, 5.74) is 2.47. The minimum Gasteiger partial charge on any atom is -0.466 e. The van der Waals surface area contributed by atoms with Gasteiger partial charge in [0.05, 0.1) is 74.0 Å². The number of nitrogens with one attached hydrogen (secondary N) is 4. The molecule has 39 heteroatoms. The molecule has 4 aromatic rings. The maximum Gasteiger partial charge on any atom is 0.349 e. The Labute approximate surface area is 692 Å². The summed E-state index contributed by atoms with van der Waals surface area (Å²) < 4.78 is 77.3. The maximum absolute atomic E-state index is 13.5. The molecule has 0 unspecified atom stereocenters. The van der Waals surface area contributed by atoms with Crippen molar-refractivity contribution in [3.63, 3.8) is 0 Å². The standard InChI is InChI=1S/C31H46N5O9P.C29H40N5O9P.C20H23ClN4O4/c1-20-16-21-23(17-22(20)35(8)9)36(25-24(32-21)26(37)34-29(40)33-25)14-12-10-11-13-15-46(41,44-18-42-27(38)30(2,3)4)45-19-43-28(39)31(5,6)7;1-17-12-20-21(13-18(17)2)34(24-23(33-20)25(36)32-19(3)31-24)14-22(35)30-10-11-44(39,42-15-40-26(37)28(4,5)6)43-16-41-27(38)29(7,8)9;1-3-29-16(26)8-6-4-5-7-9-25-15-11-13(21)12(2)10-14(15)22-17-18(25)23-20(28)24-19(17)27/h16-17H,10-15,18-19H2,1-9H3,(H,34,37,40);12-13H,3,10-11,14-16H2,1-2,4-9H3,(H,30,35)(H,32,36);10-11H,3-9H2,1-2H3,(H,24,27,28). The molecule has 36 nitrogen and oxygen atoms in total. The van der Waals surface area contributed by atoms with E-state index in [0.717, 1.165) is 64.7 Å². The monoisotopic (exact) mass is 1710 g/mol. The lowest BCUT2D eigenvalue weighted by Crippen LogP contribution is -2.45. The molecule has 648 valence electrons. The number of aryl methyl sites for hydroxylation is 6. The van der Waals surface area contributed by atoms with Crippen LogP contribution in [-0.4, -0.2) is 158 Å². The van der Waals surface area contributed by atoms with Gasteiger partial charge in [-0.25, -0.2) is 29.5 Å². The van der Waals surface area contributed by atoms with Gasteiger partial charge in [0, 0.05) is 50.9 Å². The van der Waals surface area contributed by atoms with E-state index in [1.807, 2.05) is 86.2 Å². The summed E-state index contributed by atoms with van der Waals surface area (Å²) in [4.78, 5) is 171. The number of esters is 5. The van der Waals surface area contributed by atoms with Gasteiger partial charge in [0.1, 0.15) is 12.0 Å². The third-order valence-corrected chi connectivity index (χ3v) is 22.2. The number of carbonyl (C=O) groups is 6. The lowest BCUT2D eigenvalue weighted by atomic mass is 9.98. The van der Waals surface area contributed by atoms with Gasteiger partial charge in [0.2, 0.25) is 33.1 Å². The van der Waals surface area contributed by atoms with Gasteiger partial charge in [-0.15, -0.1) is 0 Å². The Morgan fingerprint density at radius 3 is 1.42 bits per heavy atom. The third-order valence-electron chi connectivity index (χ3n) is 18.2. The van der Waals surface area contributed by atoms with Crippen LogP contribution in [0.3, 0.4) is 0 Å². The van der Waals surface area contributed by atoms with Crippen molar-refractivity contribution >= 4 is 114 Å². The van der Waals surface area contributed by atoms with Gasteiger partial charge >= 0.3 is 56.4 Å². The van der Waals surface area contributed by atoms with E-state index in [-0.39, 0.29) is 71.1 Å². The van der Waals surface area contributed by atoms with Crippen molar-refractivity contribution in [1.82, 2.24) is 54.3 Å². The van der Waals surface area contributed by atoms with E-state index >= 15 is 0 Å². The number of aromatic amines is 3. The first-order valence-electron chi connectivity index (χ1n) is 38.7. The number of amides is 1. The van der Waals surface area contributed by atoms with Crippen molar-refractivity contribution in [1.29, 1.82) is 0 Å². The van der Waals surface area contributed by atoms with Gasteiger partial charge in [0.25, 0.3) is 16.7 Å². The predicted octanol–water partition coefficient (Wildman–Crippen LogP) is 10.5. The topological polar surface area (TPSA) is 458 Å². The Morgan fingerprint density at radius 2 is 0.958 bits per heavy atom. The number of hydrogen-bond acceptors (Lipinski definition) is 30. The zero-order valence-corrected chi connectivity index (χ0v) is 73.6. The van der Waals surface area contributed by atoms with Crippen molar-refractivity contribution in [2.45, 2.75) is 189 Å². The Bertz CT molecular complexity index is 5450. The molecule has 0 fully saturated rings. The molecule has 1 aromatic heterocycles. The molecule has 0 bridgehead atoms. The zero-order valence-electron chi connectivity index (χ0n) is 71.0. The molecule has 0 atom stereocenters. The number of aromatic nitrogens is 10. The van der Waals surface area contributed by atoms with E-state index in [1.54, 1.807) is 101 Å².